The van der Waals surface area contributed by atoms with E-state index in [1.165, 1.54) is 13.2 Å². The molecule has 1 rings (SSSR count). The second-order valence-electron chi connectivity index (χ2n) is 2.56. The molecule has 1 heterocycles. The van der Waals surface area contributed by atoms with Crippen LogP contribution in [0.25, 0.3) is 6.08 Å². The first-order valence-electron chi connectivity index (χ1n) is 3.91. The molecule has 0 N–H and O–H groups in total. The fourth-order valence-electron chi connectivity index (χ4n) is 0.887. The van der Waals surface area contributed by atoms with Crippen LogP contribution in [0.3, 0.4) is 0 Å². The van der Waals surface area contributed by atoms with Crippen LogP contribution in [0, 0.1) is 6.92 Å². The maximum atomic E-state index is 10.8. The van der Waals surface area contributed by atoms with Gasteiger partial charge in [-0.1, -0.05) is 6.07 Å². The van der Waals surface area contributed by atoms with Crippen LogP contribution in [0.1, 0.15) is 11.3 Å². The molecule has 0 saturated heterocycles. The van der Waals surface area contributed by atoms with Crippen LogP contribution in [0.2, 0.25) is 0 Å². The highest BCUT2D eigenvalue weighted by atomic mass is 16.5. The summed E-state index contributed by atoms with van der Waals surface area (Å²) in [7, 11) is 1.35. The van der Waals surface area contributed by atoms with E-state index in [1.54, 1.807) is 12.3 Å². The van der Waals surface area contributed by atoms with Crippen LogP contribution >= 0.6 is 0 Å². The van der Waals surface area contributed by atoms with E-state index in [1.807, 2.05) is 19.1 Å². The molecule has 0 aliphatic carbocycles. The van der Waals surface area contributed by atoms with E-state index in [0.29, 0.717) is 0 Å². The molecule has 0 unspecified atom stereocenters. The zero-order valence-electron chi connectivity index (χ0n) is 7.65. The molecule has 0 atom stereocenters. The Labute approximate surface area is 77.1 Å². The Balaban J connectivity index is 2.80. The molecule has 0 aromatic carbocycles. The third-order valence-corrected chi connectivity index (χ3v) is 1.63. The van der Waals surface area contributed by atoms with Gasteiger partial charge in [-0.2, -0.15) is 0 Å². The van der Waals surface area contributed by atoms with Gasteiger partial charge in [0.2, 0.25) is 0 Å². The number of hydrogen-bond acceptors (Lipinski definition) is 3. The largest absolute Gasteiger partial charge is 0.466 e. The summed E-state index contributed by atoms with van der Waals surface area (Å²) < 4.78 is 4.46. The summed E-state index contributed by atoms with van der Waals surface area (Å²) in [5, 5.41) is 0. The third kappa shape index (κ3) is 2.71. The number of aryl methyl sites for hydroxylation is 1. The molecule has 0 bridgehead atoms. The van der Waals surface area contributed by atoms with Crippen molar-refractivity contribution in [1.29, 1.82) is 0 Å². The van der Waals surface area contributed by atoms with Crippen molar-refractivity contribution >= 4 is 12.0 Å². The first-order chi connectivity index (χ1) is 6.24. The SMILES string of the molecule is COC(=O)C=Cc1ncccc1C. The summed E-state index contributed by atoms with van der Waals surface area (Å²) in [5.74, 6) is -0.370. The standard InChI is InChI=1S/C10H11NO2/c1-8-4-3-7-11-9(8)5-6-10(12)13-2/h3-7H,1-2H3. The minimum absolute atomic E-state index is 0.370. The molecule has 1 aromatic rings. The predicted molar refractivity (Wildman–Crippen MR) is 50.0 cm³/mol. The second kappa shape index (κ2) is 4.40. The van der Waals surface area contributed by atoms with Gasteiger partial charge in [0.25, 0.3) is 0 Å². The number of aromatic nitrogens is 1. The van der Waals surface area contributed by atoms with E-state index >= 15 is 0 Å². The number of carbonyl (C=O) groups excluding carboxylic acids is 1. The van der Waals surface area contributed by atoms with Crippen LogP contribution in [-0.4, -0.2) is 18.1 Å². The number of nitrogens with zero attached hydrogens (tertiary/aromatic N) is 1. The van der Waals surface area contributed by atoms with Gasteiger partial charge in [-0.25, -0.2) is 4.79 Å². The first-order valence-corrected chi connectivity index (χ1v) is 3.91. The number of esters is 1. The molecular weight excluding hydrogens is 166 g/mol. The number of carbonyl (C=O) groups is 1. The minimum atomic E-state index is -0.370. The summed E-state index contributed by atoms with van der Waals surface area (Å²) in [4.78, 5) is 14.8. The van der Waals surface area contributed by atoms with Crippen molar-refractivity contribution in [2.24, 2.45) is 0 Å². The molecule has 3 heteroatoms. The maximum Gasteiger partial charge on any atom is 0.330 e. The van der Waals surface area contributed by atoms with Crippen LogP contribution in [0.5, 0.6) is 0 Å². The first kappa shape index (κ1) is 9.45. The molecule has 0 spiro atoms. The van der Waals surface area contributed by atoms with Crippen LogP contribution in [0.4, 0.5) is 0 Å². The van der Waals surface area contributed by atoms with Gasteiger partial charge in [0.05, 0.1) is 12.8 Å². The van der Waals surface area contributed by atoms with Gasteiger partial charge in [0, 0.05) is 12.3 Å². The van der Waals surface area contributed by atoms with E-state index in [2.05, 4.69) is 9.72 Å². The Morgan fingerprint density at radius 2 is 2.38 bits per heavy atom. The lowest BCUT2D eigenvalue weighted by Crippen LogP contribution is -1.94. The highest BCUT2D eigenvalue weighted by Crippen LogP contribution is 2.04. The van der Waals surface area contributed by atoms with Crippen LogP contribution < -0.4 is 0 Å². The molecule has 0 fully saturated rings. The molecule has 13 heavy (non-hydrogen) atoms. The van der Waals surface area contributed by atoms with Crippen molar-refractivity contribution in [2.45, 2.75) is 6.92 Å². The predicted octanol–water partition coefficient (Wildman–Crippen LogP) is 1.58. The normalized spacial score (nSPS) is 10.3. The Hall–Kier alpha value is -1.64. The van der Waals surface area contributed by atoms with Crippen molar-refractivity contribution in [3.05, 3.63) is 35.7 Å². The van der Waals surface area contributed by atoms with Gasteiger partial charge >= 0.3 is 5.97 Å². The lowest BCUT2D eigenvalue weighted by molar-refractivity contribution is -0.134. The van der Waals surface area contributed by atoms with Crippen LogP contribution in [-0.2, 0) is 9.53 Å². The summed E-state index contributed by atoms with van der Waals surface area (Å²) in [5.41, 5.74) is 1.82. The lowest BCUT2D eigenvalue weighted by atomic mass is 10.2. The zero-order valence-corrected chi connectivity index (χ0v) is 7.65. The zero-order chi connectivity index (χ0) is 9.68. The van der Waals surface area contributed by atoms with Gasteiger partial charge in [0.1, 0.15) is 0 Å². The monoisotopic (exact) mass is 177 g/mol. The van der Waals surface area contributed by atoms with E-state index in [9.17, 15) is 4.79 Å². The molecule has 0 aliphatic rings. The third-order valence-electron chi connectivity index (χ3n) is 1.63. The fourth-order valence-corrected chi connectivity index (χ4v) is 0.887. The van der Waals surface area contributed by atoms with Crippen molar-refractivity contribution in [1.82, 2.24) is 4.98 Å². The molecule has 1 aromatic heterocycles. The summed E-state index contributed by atoms with van der Waals surface area (Å²) in [6.07, 6.45) is 4.68. The van der Waals surface area contributed by atoms with Crippen molar-refractivity contribution < 1.29 is 9.53 Å². The minimum Gasteiger partial charge on any atom is -0.466 e. The molecular formula is C10H11NO2. The van der Waals surface area contributed by atoms with E-state index in [4.69, 9.17) is 0 Å². The lowest BCUT2D eigenvalue weighted by Gasteiger charge is -1.96. The number of hydrogen-bond donors (Lipinski definition) is 0. The Bertz CT molecular complexity index is 331. The molecule has 3 nitrogen and oxygen atoms in total. The molecule has 0 radical (unpaired) electrons. The average molecular weight is 177 g/mol. The highest BCUT2D eigenvalue weighted by Gasteiger charge is 1.95. The Morgan fingerprint density at radius 3 is 3.00 bits per heavy atom. The van der Waals surface area contributed by atoms with Gasteiger partial charge in [-0.05, 0) is 24.6 Å². The van der Waals surface area contributed by atoms with E-state index < -0.39 is 0 Å². The average Bonchev–Trinajstić information content (AvgIpc) is 2.16. The van der Waals surface area contributed by atoms with Crippen molar-refractivity contribution in [3.8, 4) is 0 Å². The van der Waals surface area contributed by atoms with E-state index in [0.717, 1.165) is 11.3 Å². The summed E-state index contributed by atoms with van der Waals surface area (Å²) in [6, 6.07) is 3.79. The number of rotatable bonds is 2. The number of ether oxygens (including phenoxy) is 1. The fraction of sp³-hybridized carbons (Fsp3) is 0.200. The molecule has 0 amide bonds. The van der Waals surface area contributed by atoms with Crippen molar-refractivity contribution in [3.63, 3.8) is 0 Å². The quantitative estimate of drug-likeness (QED) is 0.508. The smallest absolute Gasteiger partial charge is 0.330 e. The maximum absolute atomic E-state index is 10.8. The highest BCUT2D eigenvalue weighted by molar-refractivity contribution is 5.86. The topological polar surface area (TPSA) is 39.2 Å². The Morgan fingerprint density at radius 1 is 1.62 bits per heavy atom. The van der Waals surface area contributed by atoms with E-state index in [-0.39, 0.29) is 5.97 Å². The van der Waals surface area contributed by atoms with Gasteiger partial charge in [0.15, 0.2) is 0 Å². The van der Waals surface area contributed by atoms with Gasteiger partial charge in [-0.15, -0.1) is 0 Å². The second-order valence-corrected chi connectivity index (χ2v) is 2.56. The number of pyridine rings is 1. The van der Waals surface area contributed by atoms with Gasteiger partial charge < -0.3 is 4.74 Å². The molecule has 0 aliphatic heterocycles. The number of methoxy groups -OCH3 is 1. The Kier molecular flexibility index (Phi) is 3.20. The molecule has 0 saturated carbocycles. The molecule has 68 valence electrons. The van der Waals surface area contributed by atoms with Gasteiger partial charge in [-0.3, -0.25) is 4.98 Å². The summed E-state index contributed by atoms with van der Waals surface area (Å²) in [6.45, 7) is 1.93. The summed E-state index contributed by atoms with van der Waals surface area (Å²) >= 11 is 0. The van der Waals surface area contributed by atoms with Crippen LogP contribution in [0.15, 0.2) is 24.4 Å². The van der Waals surface area contributed by atoms with Crippen molar-refractivity contribution in [2.75, 3.05) is 7.11 Å².